The maximum atomic E-state index is 5.40. The lowest BCUT2D eigenvalue weighted by Crippen LogP contribution is -2.13. The average molecular weight is 207 g/mol. The van der Waals surface area contributed by atoms with Gasteiger partial charge in [-0.05, 0) is 30.5 Å². The first kappa shape index (κ1) is 12.2. The van der Waals surface area contributed by atoms with Gasteiger partial charge in [0.2, 0.25) is 0 Å². The van der Waals surface area contributed by atoms with Crippen molar-refractivity contribution >= 4 is 0 Å². The van der Waals surface area contributed by atoms with Gasteiger partial charge in [0, 0.05) is 17.8 Å². The molecule has 1 aromatic heterocycles. The molecule has 84 valence electrons. The summed E-state index contributed by atoms with van der Waals surface area (Å²) in [5.41, 5.74) is 5.06. The van der Waals surface area contributed by atoms with Crippen molar-refractivity contribution in [1.29, 1.82) is 0 Å². The molecule has 0 amide bonds. The molecule has 2 nitrogen and oxygen atoms in total. The van der Waals surface area contributed by atoms with Crippen LogP contribution in [0.4, 0.5) is 0 Å². The van der Waals surface area contributed by atoms with Crippen LogP contribution in [-0.4, -0.2) is 11.6 Å². The van der Waals surface area contributed by atoms with E-state index in [1.807, 2.05) is 13.8 Å². The average Bonchev–Trinajstić information content (AvgIpc) is 2.31. The Kier molecular flexibility index (Phi) is 4.76. The van der Waals surface area contributed by atoms with Gasteiger partial charge in [0.15, 0.2) is 0 Å². The van der Waals surface area contributed by atoms with Gasteiger partial charge in [-0.1, -0.05) is 20.8 Å². The molecule has 0 bridgehead atoms. The van der Waals surface area contributed by atoms with Gasteiger partial charge in [-0.15, -0.1) is 0 Å². The minimum absolute atomic E-state index is 0.746. The van der Waals surface area contributed by atoms with Crippen LogP contribution in [0.15, 0.2) is 6.07 Å². The van der Waals surface area contributed by atoms with E-state index in [1.165, 1.54) is 22.5 Å². The second kappa shape index (κ2) is 5.86. The number of nitrogens with zero attached hydrogens (tertiary/aromatic N) is 1. The summed E-state index contributed by atoms with van der Waals surface area (Å²) in [6.07, 6.45) is 2.03. The van der Waals surface area contributed by atoms with Crippen LogP contribution in [0.1, 0.15) is 43.3 Å². The molecule has 2 heterocycles. The third-order valence-electron chi connectivity index (χ3n) is 2.61. The SMILES string of the molecule is CC.CCc1cc2c(nc1C)CCOC2. The van der Waals surface area contributed by atoms with Crippen molar-refractivity contribution in [3.8, 4) is 0 Å². The Morgan fingerprint density at radius 1 is 1.40 bits per heavy atom. The normalized spacial score (nSPS) is 13.9. The molecule has 0 atom stereocenters. The van der Waals surface area contributed by atoms with Gasteiger partial charge in [0.05, 0.1) is 13.2 Å². The number of hydrogen-bond donors (Lipinski definition) is 0. The van der Waals surface area contributed by atoms with E-state index in [0.29, 0.717) is 0 Å². The van der Waals surface area contributed by atoms with Crippen LogP contribution < -0.4 is 0 Å². The number of rotatable bonds is 1. The molecule has 0 spiro atoms. The van der Waals surface area contributed by atoms with Crippen molar-refractivity contribution in [2.45, 2.75) is 47.1 Å². The van der Waals surface area contributed by atoms with Crippen LogP contribution in [0.2, 0.25) is 0 Å². The zero-order valence-corrected chi connectivity index (χ0v) is 10.3. The van der Waals surface area contributed by atoms with E-state index < -0.39 is 0 Å². The van der Waals surface area contributed by atoms with Gasteiger partial charge in [-0.25, -0.2) is 0 Å². The molecule has 2 heteroatoms. The molecule has 0 saturated heterocycles. The van der Waals surface area contributed by atoms with Crippen molar-refractivity contribution in [3.05, 3.63) is 28.6 Å². The van der Waals surface area contributed by atoms with E-state index >= 15 is 0 Å². The van der Waals surface area contributed by atoms with E-state index in [2.05, 4.69) is 24.9 Å². The van der Waals surface area contributed by atoms with Gasteiger partial charge in [-0.3, -0.25) is 4.98 Å². The first-order valence-electron chi connectivity index (χ1n) is 5.87. The van der Waals surface area contributed by atoms with E-state index in [4.69, 9.17) is 4.74 Å². The summed E-state index contributed by atoms with van der Waals surface area (Å²) in [4.78, 5) is 4.60. The minimum atomic E-state index is 0.746. The van der Waals surface area contributed by atoms with Crippen LogP contribution in [0, 0.1) is 6.92 Å². The Bertz CT molecular complexity index is 321. The number of hydrogen-bond acceptors (Lipinski definition) is 2. The molecule has 15 heavy (non-hydrogen) atoms. The van der Waals surface area contributed by atoms with Crippen LogP contribution in [0.3, 0.4) is 0 Å². The topological polar surface area (TPSA) is 22.1 Å². The molecule has 0 fully saturated rings. The van der Waals surface area contributed by atoms with Crippen molar-refractivity contribution < 1.29 is 4.74 Å². The molecule has 0 unspecified atom stereocenters. The Labute approximate surface area is 92.7 Å². The van der Waals surface area contributed by atoms with Crippen LogP contribution in [0.25, 0.3) is 0 Å². The minimum Gasteiger partial charge on any atom is -0.376 e. The van der Waals surface area contributed by atoms with Gasteiger partial charge in [0.25, 0.3) is 0 Å². The molecular formula is C13H21NO. The van der Waals surface area contributed by atoms with Gasteiger partial charge < -0.3 is 4.74 Å². The maximum Gasteiger partial charge on any atom is 0.0734 e. The highest BCUT2D eigenvalue weighted by Crippen LogP contribution is 2.18. The highest BCUT2D eigenvalue weighted by atomic mass is 16.5. The molecule has 1 aliphatic rings. The van der Waals surface area contributed by atoms with Crippen molar-refractivity contribution in [2.24, 2.45) is 0 Å². The largest absolute Gasteiger partial charge is 0.376 e. The van der Waals surface area contributed by atoms with E-state index in [-0.39, 0.29) is 0 Å². The van der Waals surface area contributed by atoms with Crippen molar-refractivity contribution in [3.63, 3.8) is 0 Å². The monoisotopic (exact) mass is 207 g/mol. The summed E-state index contributed by atoms with van der Waals surface area (Å²) in [7, 11) is 0. The van der Waals surface area contributed by atoms with Crippen molar-refractivity contribution in [1.82, 2.24) is 4.98 Å². The number of fused-ring (bicyclic) bond motifs is 1. The number of pyridine rings is 1. The number of ether oxygens (including phenoxy) is 1. The summed E-state index contributed by atoms with van der Waals surface area (Å²) in [6, 6.07) is 2.25. The molecule has 1 aliphatic heterocycles. The quantitative estimate of drug-likeness (QED) is 0.706. The fourth-order valence-electron chi connectivity index (χ4n) is 1.79. The molecule has 1 aromatic rings. The van der Waals surface area contributed by atoms with Crippen LogP contribution in [-0.2, 0) is 24.2 Å². The zero-order valence-electron chi connectivity index (χ0n) is 10.3. The molecule has 0 N–H and O–H groups in total. The zero-order chi connectivity index (χ0) is 11.3. The lowest BCUT2D eigenvalue weighted by Gasteiger charge is -2.17. The number of aryl methyl sites for hydroxylation is 2. The summed E-state index contributed by atoms with van der Waals surface area (Å²) in [5, 5.41) is 0. The number of aromatic nitrogens is 1. The van der Waals surface area contributed by atoms with E-state index in [9.17, 15) is 0 Å². The second-order valence-corrected chi connectivity index (χ2v) is 3.49. The fraction of sp³-hybridized carbons (Fsp3) is 0.615. The third kappa shape index (κ3) is 2.78. The maximum absolute atomic E-state index is 5.40. The Balaban J connectivity index is 0.000000531. The van der Waals surface area contributed by atoms with E-state index in [1.54, 1.807) is 0 Å². The first-order valence-corrected chi connectivity index (χ1v) is 5.87. The predicted molar refractivity (Wildman–Crippen MR) is 63.1 cm³/mol. The van der Waals surface area contributed by atoms with Crippen LogP contribution >= 0.6 is 0 Å². The summed E-state index contributed by atoms with van der Waals surface area (Å²) in [5.74, 6) is 0. The summed E-state index contributed by atoms with van der Waals surface area (Å²) >= 11 is 0. The Hall–Kier alpha value is -0.890. The molecule has 0 aliphatic carbocycles. The third-order valence-corrected chi connectivity index (χ3v) is 2.61. The Morgan fingerprint density at radius 3 is 2.80 bits per heavy atom. The molecule has 2 rings (SSSR count). The first-order chi connectivity index (χ1) is 7.31. The molecule has 0 saturated carbocycles. The standard InChI is InChI=1S/C11H15NO.C2H6/c1-3-9-6-10-7-13-5-4-11(10)12-8(9)2;1-2/h6H,3-5,7H2,1-2H3;1-2H3. The second-order valence-electron chi connectivity index (χ2n) is 3.49. The fourth-order valence-corrected chi connectivity index (χ4v) is 1.79. The van der Waals surface area contributed by atoms with Crippen LogP contribution in [0.5, 0.6) is 0 Å². The van der Waals surface area contributed by atoms with Gasteiger partial charge in [0.1, 0.15) is 0 Å². The summed E-state index contributed by atoms with van der Waals surface area (Å²) in [6.45, 7) is 9.83. The predicted octanol–water partition coefficient (Wildman–Crippen LogP) is 3.05. The lowest BCUT2D eigenvalue weighted by molar-refractivity contribution is 0.109. The van der Waals surface area contributed by atoms with Gasteiger partial charge >= 0.3 is 0 Å². The highest BCUT2D eigenvalue weighted by Gasteiger charge is 2.12. The van der Waals surface area contributed by atoms with Gasteiger partial charge in [-0.2, -0.15) is 0 Å². The highest BCUT2D eigenvalue weighted by molar-refractivity contribution is 5.30. The van der Waals surface area contributed by atoms with E-state index in [0.717, 1.165) is 26.1 Å². The molecular weight excluding hydrogens is 186 g/mol. The van der Waals surface area contributed by atoms with Crippen molar-refractivity contribution in [2.75, 3.05) is 6.61 Å². The lowest BCUT2D eigenvalue weighted by atomic mass is 10.0. The summed E-state index contributed by atoms with van der Waals surface area (Å²) < 4.78 is 5.40. The molecule has 0 aromatic carbocycles. The Morgan fingerprint density at radius 2 is 2.13 bits per heavy atom. The molecule has 0 radical (unpaired) electrons. The smallest absolute Gasteiger partial charge is 0.0734 e.